The summed E-state index contributed by atoms with van der Waals surface area (Å²) >= 11 is 0. The summed E-state index contributed by atoms with van der Waals surface area (Å²) in [6.07, 6.45) is 8.29. The summed E-state index contributed by atoms with van der Waals surface area (Å²) in [5, 5.41) is 2.57. The average molecular weight is 845 g/mol. The molecule has 1 saturated heterocycles. The van der Waals surface area contributed by atoms with Gasteiger partial charge in [0.15, 0.2) is 28.7 Å². The van der Waals surface area contributed by atoms with Crippen molar-refractivity contribution < 1.29 is 55.3 Å². The van der Waals surface area contributed by atoms with Gasteiger partial charge in [-0.15, -0.1) is 6.42 Å². The molecule has 0 amide bonds. The zero-order valence-electron chi connectivity index (χ0n) is 33.0. The topological polar surface area (TPSA) is 188 Å². The fourth-order valence-electron chi connectivity index (χ4n) is 6.38. The van der Waals surface area contributed by atoms with Crippen molar-refractivity contribution in [2.75, 3.05) is 18.9 Å². The van der Waals surface area contributed by atoms with Crippen molar-refractivity contribution in [3.8, 4) is 18.1 Å². The van der Waals surface area contributed by atoms with E-state index < -0.39 is 80.7 Å². The highest BCUT2D eigenvalue weighted by Crippen LogP contribution is 2.49. The number of terminal acetylenes is 1. The van der Waals surface area contributed by atoms with E-state index in [9.17, 15) is 27.3 Å². The molecule has 1 aliphatic heterocycles. The second-order valence-electron chi connectivity index (χ2n) is 14.2. The summed E-state index contributed by atoms with van der Waals surface area (Å²) in [4.78, 5) is 38.1. The number of imidazole rings is 1. The Kier molecular flexibility index (Phi) is 15.7. The van der Waals surface area contributed by atoms with Crippen LogP contribution in [0, 0.1) is 30.1 Å². The van der Waals surface area contributed by atoms with Gasteiger partial charge in [0.2, 0.25) is 0 Å². The summed E-state index contributed by atoms with van der Waals surface area (Å²) in [7, 11) is -4.78. The van der Waals surface area contributed by atoms with Crippen molar-refractivity contribution in [3.05, 3.63) is 78.1 Å². The summed E-state index contributed by atoms with van der Waals surface area (Å²) < 4.78 is 93.6. The molecule has 2 aromatic heterocycles. The van der Waals surface area contributed by atoms with Gasteiger partial charge in [-0.2, -0.15) is 19.4 Å². The quantitative estimate of drug-likeness (QED) is 0.0272. The number of hydrogen-bond donors (Lipinski definition) is 2. The minimum atomic E-state index is -4.78. The van der Waals surface area contributed by atoms with Crippen molar-refractivity contribution in [1.82, 2.24) is 24.6 Å². The maximum absolute atomic E-state index is 14.8. The van der Waals surface area contributed by atoms with Crippen molar-refractivity contribution >= 4 is 36.9 Å². The van der Waals surface area contributed by atoms with Crippen LogP contribution in [-0.4, -0.2) is 68.7 Å². The van der Waals surface area contributed by atoms with Crippen LogP contribution >= 0.6 is 7.75 Å². The smallest absolute Gasteiger partial charge is 0.462 e. The number of nitrogens with two attached hydrogens (primary N) is 1. The molecule has 0 bridgehead atoms. The van der Waals surface area contributed by atoms with Crippen LogP contribution in [0.4, 0.5) is 23.8 Å². The number of rotatable bonds is 21. The Hall–Kier alpha value is -5.21. The molecule has 3 heterocycles. The SMILES string of the molecule is C#C[C@]1(CO[P@@](=O)(N[C@@H](Cc2cc(F)cc(F)c2)C(=O)OC(C)C)Oc2ccccc2)O[C@@H](n2cnc3c(N)nc(F)nc32)C[C@@H]1OC(=O)OCCCCCCCCC. The number of nitrogen functional groups attached to an aromatic ring is 1. The first-order chi connectivity index (χ1) is 28.2. The number of unbranched alkanes of at least 4 members (excludes halogenated alkanes) is 6. The largest absolute Gasteiger partial charge is 0.508 e. The van der Waals surface area contributed by atoms with Gasteiger partial charge < -0.3 is 29.2 Å². The van der Waals surface area contributed by atoms with Crippen molar-refractivity contribution in [3.63, 3.8) is 0 Å². The number of nitrogens with zero attached hydrogens (tertiary/aromatic N) is 4. The molecule has 5 atom stereocenters. The molecule has 0 aliphatic carbocycles. The Morgan fingerprint density at radius 1 is 1.07 bits per heavy atom. The minimum Gasteiger partial charge on any atom is -0.462 e. The average Bonchev–Trinajstić information content (AvgIpc) is 3.76. The second kappa shape index (κ2) is 20.7. The Bertz CT molecular complexity index is 2120. The number of esters is 1. The van der Waals surface area contributed by atoms with Crippen LogP contribution in [0.2, 0.25) is 0 Å². The van der Waals surface area contributed by atoms with E-state index >= 15 is 0 Å². The van der Waals surface area contributed by atoms with Gasteiger partial charge in [0.1, 0.15) is 36.3 Å². The van der Waals surface area contributed by atoms with Crippen LogP contribution in [0.15, 0.2) is 54.9 Å². The standard InChI is InChI=1S/C40H48F3N6O9P/c1-5-7-8-9-10-11-15-18-53-39(51)56-32-23-33(49-25-45-34-35(44)46-38(43)47-36(34)49)57-40(32,6-2)24-54-59(52,58-30-16-13-12-14-17-30)48-31(37(50)55-26(3)4)21-27-19-28(41)22-29(42)20-27/h2,12-14,16-17,19-20,22,25-26,31-33H,5,7-11,15,18,21,23-24H2,1,3-4H3,(H,48,52)(H2,44,46,47)/t31-,32-,33+,40+,59-/m0/s1. The molecule has 1 aliphatic rings. The fraction of sp³-hybridized carbons (Fsp3) is 0.475. The van der Waals surface area contributed by atoms with Gasteiger partial charge in [0, 0.05) is 12.5 Å². The van der Waals surface area contributed by atoms with Gasteiger partial charge >= 0.3 is 25.9 Å². The van der Waals surface area contributed by atoms with Crippen molar-refractivity contribution in [2.45, 2.75) is 109 Å². The molecular formula is C40H48F3N6O9P. The summed E-state index contributed by atoms with van der Waals surface area (Å²) in [5.41, 5.74) is 3.85. The number of carbonyl (C=O) groups is 2. The van der Waals surface area contributed by atoms with Crippen LogP contribution in [0.25, 0.3) is 11.2 Å². The Morgan fingerprint density at radius 2 is 1.76 bits per heavy atom. The van der Waals surface area contributed by atoms with Gasteiger partial charge in [-0.05, 0) is 56.5 Å². The highest BCUT2D eigenvalue weighted by Gasteiger charge is 2.53. The van der Waals surface area contributed by atoms with Gasteiger partial charge in [0.25, 0.3) is 0 Å². The molecule has 0 radical (unpaired) electrons. The minimum absolute atomic E-state index is 0.0194. The van der Waals surface area contributed by atoms with Crippen molar-refractivity contribution in [1.29, 1.82) is 0 Å². The number of fused-ring (bicyclic) bond motifs is 1. The first-order valence-corrected chi connectivity index (χ1v) is 20.8. The number of benzene rings is 2. The van der Waals surface area contributed by atoms with Gasteiger partial charge in [0.05, 0.1) is 19.0 Å². The number of ether oxygens (including phenoxy) is 4. The predicted molar refractivity (Wildman–Crippen MR) is 209 cm³/mol. The number of halogens is 3. The fourth-order valence-corrected chi connectivity index (χ4v) is 7.90. The molecule has 59 heavy (non-hydrogen) atoms. The molecule has 4 aromatic rings. The Morgan fingerprint density at radius 3 is 2.44 bits per heavy atom. The van der Waals surface area contributed by atoms with Crippen LogP contribution in [0.5, 0.6) is 5.75 Å². The molecule has 3 N–H and O–H groups in total. The Balaban J connectivity index is 1.44. The highest BCUT2D eigenvalue weighted by molar-refractivity contribution is 7.52. The normalized spacial score (nSPS) is 19.2. The van der Waals surface area contributed by atoms with Crippen LogP contribution in [0.1, 0.15) is 83.9 Å². The van der Waals surface area contributed by atoms with E-state index in [0.29, 0.717) is 12.5 Å². The molecule has 2 aromatic carbocycles. The van der Waals surface area contributed by atoms with E-state index in [1.54, 1.807) is 32.0 Å². The number of hydrogen-bond acceptors (Lipinski definition) is 13. The third-order valence-electron chi connectivity index (χ3n) is 9.19. The lowest BCUT2D eigenvalue weighted by atomic mass is 9.99. The molecule has 5 rings (SSSR count). The lowest BCUT2D eigenvalue weighted by molar-refractivity contribution is -0.149. The number of para-hydroxylation sites is 1. The second-order valence-corrected chi connectivity index (χ2v) is 15.9. The number of nitrogens with one attached hydrogen (secondary N) is 1. The van der Waals surface area contributed by atoms with E-state index in [2.05, 4.69) is 32.9 Å². The van der Waals surface area contributed by atoms with Gasteiger partial charge in [-0.1, -0.05) is 69.6 Å². The summed E-state index contributed by atoms with van der Waals surface area (Å²) in [6, 6.07) is 8.88. The molecule has 0 unspecified atom stereocenters. The lowest BCUT2D eigenvalue weighted by Gasteiger charge is -2.31. The molecule has 0 saturated carbocycles. The van der Waals surface area contributed by atoms with Crippen LogP contribution in [-0.2, 0) is 39.3 Å². The molecule has 318 valence electrons. The summed E-state index contributed by atoms with van der Waals surface area (Å²) in [6.45, 7) is 4.55. The van der Waals surface area contributed by atoms with E-state index in [1.807, 2.05) is 0 Å². The van der Waals surface area contributed by atoms with Gasteiger partial charge in [-0.25, -0.2) is 23.1 Å². The first-order valence-electron chi connectivity index (χ1n) is 19.3. The molecular weight excluding hydrogens is 796 g/mol. The molecule has 15 nitrogen and oxygen atoms in total. The maximum Gasteiger partial charge on any atom is 0.508 e. The predicted octanol–water partition coefficient (Wildman–Crippen LogP) is 7.75. The number of aromatic nitrogens is 4. The van der Waals surface area contributed by atoms with E-state index in [0.717, 1.165) is 50.7 Å². The third-order valence-corrected chi connectivity index (χ3v) is 10.7. The number of anilines is 1. The summed E-state index contributed by atoms with van der Waals surface area (Å²) in [5.74, 6) is -0.510. The van der Waals surface area contributed by atoms with Gasteiger partial charge in [-0.3, -0.25) is 13.9 Å². The zero-order valence-corrected chi connectivity index (χ0v) is 33.9. The van der Waals surface area contributed by atoms with Crippen molar-refractivity contribution in [2.24, 2.45) is 0 Å². The third kappa shape index (κ3) is 12.4. The van der Waals surface area contributed by atoms with E-state index in [1.165, 1.54) is 23.0 Å². The molecule has 19 heteroatoms. The van der Waals surface area contributed by atoms with E-state index in [4.69, 9.17) is 40.2 Å². The Labute approximate surface area is 340 Å². The monoisotopic (exact) mass is 844 g/mol. The van der Waals surface area contributed by atoms with Crippen LogP contribution in [0.3, 0.4) is 0 Å². The van der Waals surface area contributed by atoms with E-state index in [-0.39, 0.29) is 41.3 Å². The maximum atomic E-state index is 14.8. The zero-order chi connectivity index (χ0) is 42.6. The lowest BCUT2D eigenvalue weighted by Crippen LogP contribution is -2.46. The van der Waals surface area contributed by atoms with Crippen LogP contribution < -0.4 is 15.3 Å². The number of carbonyl (C=O) groups excluding carboxylic acids is 2. The first kappa shape index (κ1) is 44.9. The molecule has 1 fully saturated rings. The highest BCUT2D eigenvalue weighted by atomic mass is 31.2. The molecule has 0 spiro atoms.